The highest BCUT2D eigenvalue weighted by molar-refractivity contribution is 6.62. The molecule has 1 aromatic carbocycles. The number of rotatable bonds is 3. The third kappa shape index (κ3) is 7.15. The topological polar surface area (TPSA) is 86.5 Å². The van der Waals surface area contributed by atoms with Gasteiger partial charge in [0, 0.05) is 18.6 Å². The van der Waals surface area contributed by atoms with Crippen molar-refractivity contribution in [1.82, 2.24) is 0 Å². The van der Waals surface area contributed by atoms with Gasteiger partial charge in [-0.3, -0.25) is 19.7 Å². The maximum absolute atomic E-state index is 11.0. The van der Waals surface area contributed by atoms with E-state index in [1.165, 1.54) is 20.1 Å². The lowest BCUT2D eigenvalue weighted by Crippen LogP contribution is -2.04. The van der Waals surface area contributed by atoms with Crippen molar-refractivity contribution >= 4 is 28.5 Å². The summed E-state index contributed by atoms with van der Waals surface area (Å²) < 4.78 is 4.50. The molecule has 0 aromatic heterocycles. The molecule has 0 N–H and O–H groups in total. The van der Waals surface area contributed by atoms with Gasteiger partial charge in [-0.05, 0) is 30.2 Å². The number of aryl methyl sites for hydroxylation is 1. The number of nitro benzene ring substituents is 1. The van der Waals surface area contributed by atoms with Crippen LogP contribution in [0.3, 0.4) is 0 Å². The van der Waals surface area contributed by atoms with Gasteiger partial charge in [0.2, 0.25) is 5.24 Å². The van der Waals surface area contributed by atoms with Crippen molar-refractivity contribution in [3.05, 3.63) is 39.4 Å². The molecule has 0 aliphatic carbocycles. The average Bonchev–Trinajstić information content (AvgIpc) is 2.27. The zero-order valence-corrected chi connectivity index (χ0v) is 11.6. The number of benzene rings is 1. The monoisotopic (exact) mass is 287 g/mol. The van der Waals surface area contributed by atoms with Crippen LogP contribution in [0.1, 0.15) is 18.1 Å². The van der Waals surface area contributed by atoms with E-state index >= 15 is 0 Å². The molecular formula is C12H14ClNO5. The van der Waals surface area contributed by atoms with Crippen molar-refractivity contribution in [3.8, 4) is 0 Å². The minimum absolute atomic E-state index is 0.0589. The number of ether oxygens (including phenoxy) is 1. The molecular weight excluding hydrogens is 274 g/mol. The van der Waals surface area contributed by atoms with Crippen molar-refractivity contribution in [1.29, 1.82) is 0 Å². The Morgan fingerprint density at radius 2 is 1.95 bits per heavy atom. The van der Waals surface area contributed by atoms with Gasteiger partial charge < -0.3 is 4.74 Å². The second-order valence-corrected chi connectivity index (χ2v) is 4.13. The normalized spacial score (nSPS) is 9.05. The van der Waals surface area contributed by atoms with E-state index < -0.39 is 4.92 Å². The molecule has 19 heavy (non-hydrogen) atoms. The van der Waals surface area contributed by atoms with Gasteiger partial charge in [0.1, 0.15) is 0 Å². The number of nitro groups is 1. The Labute approximate surface area is 115 Å². The second kappa shape index (κ2) is 8.20. The summed E-state index contributed by atoms with van der Waals surface area (Å²) in [6.45, 7) is 2.93. The fourth-order valence-electron chi connectivity index (χ4n) is 1.27. The van der Waals surface area contributed by atoms with Gasteiger partial charge in [0.25, 0.3) is 5.69 Å². The number of nitrogens with zero attached hydrogens (tertiary/aromatic N) is 1. The van der Waals surface area contributed by atoms with Crippen molar-refractivity contribution in [2.24, 2.45) is 0 Å². The summed E-state index contributed by atoms with van der Waals surface area (Å²) in [5.74, 6) is -0.358. The van der Waals surface area contributed by atoms with E-state index in [9.17, 15) is 19.7 Å². The van der Waals surface area contributed by atoms with E-state index in [1.807, 2.05) is 0 Å². The first kappa shape index (κ1) is 17.1. The van der Waals surface area contributed by atoms with E-state index in [0.29, 0.717) is 11.1 Å². The molecule has 0 fully saturated rings. The number of hydrogen-bond donors (Lipinski definition) is 0. The predicted octanol–water partition coefficient (Wildman–Crippen LogP) is 2.39. The third-order valence-electron chi connectivity index (χ3n) is 2.03. The molecule has 0 heterocycles. The standard InChI is InChI=1S/C10H11NO4.C2H3ClO/c1-7-5-8(6-10(12)15-2)3-4-9(7)11(13)14;1-2(3)4/h3-5H,6H2,1-2H3;1H3. The van der Waals surface area contributed by atoms with E-state index in [2.05, 4.69) is 16.3 Å². The largest absolute Gasteiger partial charge is 0.469 e. The molecule has 0 amide bonds. The molecule has 6 nitrogen and oxygen atoms in total. The van der Waals surface area contributed by atoms with Gasteiger partial charge >= 0.3 is 5.97 Å². The summed E-state index contributed by atoms with van der Waals surface area (Å²) in [6.07, 6.45) is 0.134. The molecule has 0 bridgehead atoms. The number of halogens is 1. The van der Waals surface area contributed by atoms with Crippen molar-refractivity contribution in [2.75, 3.05) is 7.11 Å². The average molecular weight is 288 g/mol. The highest BCUT2D eigenvalue weighted by Crippen LogP contribution is 2.19. The molecule has 0 saturated carbocycles. The highest BCUT2D eigenvalue weighted by atomic mass is 35.5. The molecule has 0 spiro atoms. The van der Waals surface area contributed by atoms with Crippen molar-refractivity contribution in [2.45, 2.75) is 20.3 Å². The first-order valence-electron chi connectivity index (χ1n) is 5.24. The number of carbonyl (C=O) groups is 2. The number of esters is 1. The maximum atomic E-state index is 11.0. The Bertz CT molecular complexity index is 483. The lowest BCUT2D eigenvalue weighted by Gasteiger charge is -2.02. The van der Waals surface area contributed by atoms with Crippen molar-refractivity contribution < 1.29 is 19.2 Å². The molecule has 0 unspecified atom stereocenters. The van der Waals surface area contributed by atoms with Crippen LogP contribution < -0.4 is 0 Å². The van der Waals surface area contributed by atoms with Gasteiger partial charge in [-0.2, -0.15) is 0 Å². The van der Waals surface area contributed by atoms with Gasteiger partial charge in [0.15, 0.2) is 0 Å². The highest BCUT2D eigenvalue weighted by Gasteiger charge is 2.11. The zero-order chi connectivity index (χ0) is 15.0. The molecule has 104 valence electrons. The van der Waals surface area contributed by atoms with E-state index in [1.54, 1.807) is 19.1 Å². The minimum atomic E-state index is -0.447. The molecule has 1 aromatic rings. The quantitative estimate of drug-likeness (QED) is 0.369. The van der Waals surface area contributed by atoms with Gasteiger partial charge in [-0.1, -0.05) is 6.07 Å². The lowest BCUT2D eigenvalue weighted by molar-refractivity contribution is -0.385. The Kier molecular flexibility index (Phi) is 7.36. The Morgan fingerprint density at radius 1 is 1.42 bits per heavy atom. The van der Waals surface area contributed by atoms with E-state index in [0.717, 1.165) is 0 Å². The molecule has 0 aliphatic heterocycles. The Hall–Kier alpha value is -1.95. The summed E-state index contributed by atoms with van der Waals surface area (Å²) in [5.41, 5.74) is 1.31. The summed E-state index contributed by atoms with van der Waals surface area (Å²) >= 11 is 4.64. The first-order valence-corrected chi connectivity index (χ1v) is 5.62. The summed E-state index contributed by atoms with van der Waals surface area (Å²) in [4.78, 5) is 30.2. The van der Waals surface area contributed by atoms with Crippen molar-refractivity contribution in [3.63, 3.8) is 0 Å². The molecule has 0 radical (unpaired) electrons. The van der Waals surface area contributed by atoms with Gasteiger partial charge in [0.05, 0.1) is 18.5 Å². The van der Waals surface area contributed by atoms with E-state index in [4.69, 9.17) is 0 Å². The first-order chi connectivity index (χ1) is 8.77. The Morgan fingerprint density at radius 3 is 2.32 bits per heavy atom. The van der Waals surface area contributed by atoms with E-state index in [-0.39, 0.29) is 23.3 Å². The molecule has 1 rings (SSSR count). The van der Waals surface area contributed by atoms with Gasteiger partial charge in [-0.25, -0.2) is 0 Å². The minimum Gasteiger partial charge on any atom is -0.469 e. The van der Waals surface area contributed by atoms with Crippen LogP contribution in [0.4, 0.5) is 5.69 Å². The molecule has 0 atom stereocenters. The van der Waals surface area contributed by atoms with Crippen LogP contribution in [-0.4, -0.2) is 23.2 Å². The molecule has 0 saturated heterocycles. The fourth-order valence-corrected chi connectivity index (χ4v) is 1.27. The smallest absolute Gasteiger partial charge is 0.309 e. The Balaban J connectivity index is 0.000000711. The summed E-state index contributed by atoms with van der Waals surface area (Å²) in [6, 6.07) is 4.57. The molecule has 0 aliphatic rings. The lowest BCUT2D eigenvalue weighted by atomic mass is 10.1. The van der Waals surface area contributed by atoms with Crippen LogP contribution in [-0.2, 0) is 20.7 Å². The van der Waals surface area contributed by atoms with Gasteiger partial charge in [-0.15, -0.1) is 0 Å². The maximum Gasteiger partial charge on any atom is 0.309 e. The number of methoxy groups -OCH3 is 1. The van der Waals surface area contributed by atoms with Crippen LogP contribution in [0.15, 0.2) is 18.2 Å². The molecule has 7 heteroatoms. The second-order valence-electron chi connectivity index (χ2n) is 3.60. The zero-order valence-electron chi connectivity index (χ0n) is 10.8. The SMILES string of the molecule is CC(=O)Cl.COC(=O)Cc1ccc([N+](=O)[O-])c(C)c1. The van der Waals surface area contributed by atoms with Crippen LogP contribution in [0.25, 0.3) is 0 Å². The van der Waals surface area contributed by atoms with Crippen LogP contribution in [0.2, 0.25) is 0 Å². The predicted molar refractivity (Wildman–Crippen MR) is 70.1 cm³/mol. The fraction of sp³-hybridized carbons (Fsp3) is 0.333. The van der Waals surface area contributed by atoms with Crippen LogP contribution >= 0.6 is 11.6 Å². The van der Waals surface area contributed by atoms with Crippen LogP contribution in [0.5, 0.6) is 0 Å². The third-order valence-corrected chi connectivity index (χ3v) is 2.03. The summed E-state index contributed by atoms with van der Waals surface area (Å²) in [7, 11) is 1.31. The number of carbonyl (C=O) groups excluding carboxylic acids is 2. The van der Waals surface area contributed by atoms with Crippen LogP contribution in [0, 0.1) is 17.0 Å². The number of hydrogen-bond acceptors (Lipinski definition) is 5. The summed E-state index contributed by atoms with van der Waals surface area (Å²) in [5, 5.41) is 10.2.